The van der Waals surface area contributed by atoms with Crippen LogP contribution in [0, 0.1) is 0 Å². The summed E-state index contributed by atoms with van der Waals surface area (Å²) in [7, 11) is 0. The molecule has 1 saturated heterocycles. The highest BCUT2D eigenvalue weighted by atomic mass is 16.2. The van der Waals surface area contributed by atoms with E-state index < -0.39 is 17.6 Å². The van der Waals surface area contributed by atoms with Crippen LogP contribution < -0.4 is 5.32 Å². The SMILES string of the molecule is CCCC1NC(=O)C(c2ccccc2)N(C(C)(C)C)C1=O. The third-order valence-electron chi connectivity index (χ3n) is 3.77. The van der Waals surface area contributed by atoms with Crippen molar-refractivity contribution in [2.45, 2.75) is 58.2 Å². The minimum atomic E-state index is -0.549. The van der Waals surface area contributed by atoms with Crippen LogP contribution in [-0.4, -0.2) is 28.3 Å². The van der Waals surface area contributed by atoms with E-state index >= 15 is 0 Å². The van der Waals surface area contributed by atoms with Crippen molar-refractivity contribution in [2.24, 2.45) is 0 Å². The lowest BCUT2D eigenvalue weighted by Crippen LogP contribution is -2.64. The summed E-state index contributed by atoms with van der Waals surface area (Å²) < 4.78 is 0. The van der Waals surface area contributed by atoms with E-state index in [0.29, 0.717) is 6.42 Å². The molecule has 2 unspecified atom stereocenters. The number of carbonyl (C=O) groups excluding carboxylic acids is 2. The fraction of sp³-hybridized carbons (Fsp3) is 0.529. The Morgan fingerprint density at radius 2 is 1.76 bits per heavy atom. The third-order valence-corrected chi connectivity index (χ3v) is 3.77. The Kier molecular flexibility index (Phi) is 4.35. The lowest BCUT2D eigenvalue weighted by atomic mass is 9.92. The smallest absolute Gasteiger partial charge is 0.248 e. The zero-order valence-electron chi connectivity index (χ0n) is 13.2. The molecule has 2 atom stereocenters. The topological polar surface area (TPSA) is 49.4 Å². The lowest BCUT2D eigenvalue weighted by Gasteiger charge is -2.46. The second-order valence-corrected chi connectivity index (χ2v) is 6.54. The van der Waals surface area contributed by atoms with E-state index in [0.717, 1.165) is 12.0 Å². The fourth-order valence-electron chi connectivity index (χ4n) is 2.86. The van der Waals surface area contributed by atoms with Gasteiger partial charge in [-0.25, -0.2) is 0 Å². The van der Waals surface area contributed by atoms with E-state index in [1.165, 1.54) is 0 Å². The summed E-state index contributed by atoms with van der Waals surface area (Å²) in [6, 6.07) is 8.55. The first-order valence-corrected chi connectivity index (χ1v) is 7.54. The van der Waals surface area contributed by atoms with Gasteiger partial charge in [0, 0.05) is 5.54 Å². The molecule has 0 radical (unpaired) electrons. The Morgan fingerprint density at radius 1 is 1.14 bits per heavy atom. The number of hydrogen-bond acceptors (Lipinski definition) is 2. The van der Waals surface area contributed by atoms with Crippen LogP contribution >= 0.6 is 0 Å². The highest BCUT2D eigenvalue weighted by Crippen LogP contribution is 2.32. The van der Waals surface area contributed by atoms with Crippen molar-refractivity contribution in [1.82, 2.24) is 10.2 Å². The Morgan fingerprint density at radius 3 is 2.29 bits per heavy atom. The number of rotatable bonds is 3. The molecule has 0 aromatic heterocycles. The molecule has 0 saturated carbocycles. The third kappa shape index (κ3) is 3.09. The average Bonchev–Trinajstić information content (AvgIpc) is 2.42. The Labute approximate surface area is 126 Å². The summed E-state index contributed by atoms with van der Waals surface area (Å²) >= 11 is 0. The van der Waals surface area contributed by atoms with Gasteiger partial charge >= 0.3 is 0 Å². The normalized spacial score (nSPS) is 23.1. The van der Waals surface area contributed by atoms with E-state index in [4.69, 9.17) is 0 Å². The van der Waals surface area contributed by atoms with Gasteiger partial charge in [-0.1, -0.05) is 43.7 Å². The van der Waals surface area contributed by atoms with Crippen LogP contribution in [-0.2, 0) is 9.59 Å². The van der Waals surface area contributed by atoms with Crippen LogP contribution in [0.1, 0.15) is 52.1 Å². The summed E-state index contributed by atoms with van der Waals surface area (Å²) in [5, 5.41) is 2.89. The van der Waals surface area contributed by atoms with E-state index in [9.17, 15) is 9.59 Å². The predicted molar refractivity (Wildman–Crippen MR) is 82.6 cm³/mol. The van der Waals surface area contributed by atoms with Gasteiger partial charge in [-0.15, -0.1) is 0 Å². The summed E-state index contributed by atoms with van der Waals surface area (Å²) in [6.07, 6.45) is 1.54. The number of hydrogen-bond donors (Lipinski definition) is 1. The highest BCUT2D eigenvalue weighted by molar-refractivity contribution is 5.98. The number of carbonyl (C=O) groups is 2. The monoisotopic (exact) mass is 288 g/mol. The quantitative estimate of drug-likeness (QED) is 0.929. The summed E-state index contributed by atoms with van der Waals surface area (Å²) in [5.41, 5.74) is 0.453. The van der Waals surface area contributed by atoms with Crippen molar-refractivity contribution in [1.29, 1.82) is 0 Å². The molecular weight excluding hydrogens is 264 g/mol. The zero-order chi connectivity index (χ0) is 15.6. The minimum absolute atomic E-state index is 0.0119. The maximum absolute atomic E-state index is 12.8. The van der Waals surface area contributed by atoms with Crippen LogP contribution in [0.3, 0.4) is 0 Å². The molecule has 1 fully saturated rings. The molecule has 2 rings (SSSR count). The first-order valence-electron chi connectivity index (χ1n) is 7.54. The second-order valence-electron chi connectivity index (χ2n) is 6.54. The van der Waals surface area contributed by atoms with Crippen LogP contribution in [0.25, 0.3) is 0 Å². The first-order chi connectivity index (χ1) is 9.86. The molecule has 1 heterocycles. The van der Waals surface area contributed by atoms with Gasteiger partial charge in [-0.3, -0.25) is 9.59 Å². The summed E-state index contributed by atoms with van der Waals surface area (Å²) in [6.45, 7) is 7.94. The molecule has 114 valence electrons. The molecule has 2 amide bonds. The highest BCUT2D eigenvalue weighted by Gasteiger charge is 2.45. The largest absolute Gasteiger partial charge is 0.342 e. The number of amides is 2. The predicted octanol–water partition coefficient (Wildman–Crippen LogP) is 2.65. The standard InChI is InChI=1S/C17H24N2O2/c1-5-9-13-16(21)19(17(2,3)4)14(15(20)18-13)12-10-7-6-8-11-12/h6-8,10-11,13-14H,5,9H2,1-4H3,(H,18,20). The number of nitrogens with zero attached hydrogens (tertiary/aromatic N) is 1. The Balaban J connectivity index is 2.43. The maximum Gasteiger partial charge on any atom is 0.248 e. The van der Waals surface area contributed by atoms with Crippen molar-refractivity contribution < 1.29 is 9.59 Å². The van der Waals surface area contributed by atoms with Gasteiger partial charge in [-0.05, 0) is 32.8 Å². The van der Waals surface area contributed by atoms with Gasteiger partial charge in [0.15, 0.2) is 0 Å². The molecule has 0 spiro atoms. The molecule has 0 bridgehead atoms. The molecule has 4 nitrogen and oxygen atoms in total. The molecular formula is C17H24N2O2. The van der Waals surface area contributed by atoms with Gasteiger partial charge in [0.1, 0.15) is 12.1 Å². The fourth-order valence-corrected chi connectivity index (χ4v) is 2.86. The van der Waals surface area contributed by atoms with Gasteiger partial charge in [-0.2, -0.15) is 0 Å². The molecule has 1 aromatic rings. The summed E-state index contributed by atoms with van der Waals surface area (Å²) in [4.78, 5) is 27.1. The van der Waals surface area contributed by atoms with Crippen LogP contribution in [0.2, 0.25) is 0 Å². The molecule has 21 heavy (non-hydrogen) atoms. The summed E-state index contributed by atoms with van der Waals surface area (Å²) in [5.74, 6) is -0.0769. The second kappa shape index (κ2) is 5.88. The van der Waals surface area contributed by atoms with Gasteiger partial charge in [0.2, 0.25) is 11.8 Å². The molecule has 1 aliphatic heterocycles. The average molecular weight is 288 g/mol. The van der Waals surface area contributed by atoms with E-state index in [2.05, 4.69) is 5.32 Å². The zero-order valence-corrected chi connectivity index (χ0v) is 13.2. The number of benzene rings is 1. The minimum Gasteiger partial charge on any atom is -0.342 e. The molecule has 1 aliphatic rings. The maximum atomic E-state index is 12.8. The van der Waals surface area contributed by atoms with Crippen molar-refractivity contribution >= 4 is 11.8 Å². The van der Waals surface area contributed by atoms with Crippen molar-refractivity contribution in [3.63, 3.8) is 0 Å². The van der Waals surface area contributed by atoms with Crippen LogP contribution in [0.5, 0.6) is 0 Å². The first kappa shape index (κ1) is 15.5. The van der Waals surface area contributed by atoms with Crippen LogP contribution in [0.4, 0.5) is 0 Å². The van der Waals surface area contributed by atoms with E-state index in [1.807, 2.05) is 58.0 Å². The molecule has 1 aromatic carbocycles. The molecule has 1 N–H and O–H groups in total. The number of nitrogens with one attached hydrogen (secondary N) is 1. The van der Waals surface area contributed by atoms with Gasteiger partial charge < -0.3 is 10.2 Å². The van der Waals surface area contributed by atoms with Crippen molar-refractivity contribution in [2.75, 3.05) is 0 Å². The van der Waals surface area contributed by atoms with Crippen molar-refractivity contribution in [3.8, 4) is 0 Å². The Bertz CT molecular complexity index is 519. The van der Waals surface area contributed by atoms with Crippen molar-refractivity contribution in [3.05, 3.63) is 35.9 Å². The molecule has 0 aliphatic carbocycles. The molecule has 4 heteroatoms. The Hall–Kier alpha value is -1.84. The van der Waals surface area contributed by atoms with E-state index in [-0.39, 0.29) is 11.8 Å². The number of piperazine rings is 1. The van der Waals surface area contributed by atoms with Gasteiger partial charge in [0.05, 0.1) is 0 Å². The van der Waals surface area contributed by atoms with Crippen LogP contribution in [0.15, 0.2) is 30.3 Å². The lowest BCUT2D eigenvalue weighted by molar-refractivity contribution is -0.155. The van der Waals surface area contributed by atoms with Gasteiger partial charge in [0.25, 0.3) is 0 Å². The van der Waals surface area contributed by atoms with E-state index in [1.54, 1.807) is 4.90 Å².